The molecule has 0 aliphatic heterocycles. The summed E-state index contributed by atoms with van der Waals surface area (Å²) in [4.78, 5) is 0. The fourth-order valence-corrected chi connectivity index (χ4v) is 1.89. The van der Waals surface area contributed by atoms with Crippen LogP contribution < -0.4 is 4.74 Å². The predicted octanol–water partition coefficient (Wildman–Crippen LogP) is 1.15. The largest absolute Gasteiger partial charge is 0.494 e. The highest BCUT2D eigenvalue weighted by Crippen LogP contribution is 2.11. The zero-order valence-electron chi connectivity index (χ0n) is 11.1. The van der Waals surface area contributed by atoms with Gasteiger partial charge in [-0.1, -0.05) is 23.4 Å². The van der Waals surface area contributed by atoms with Gasteiger partial charge < -0.3 is 9.84 Å². The molecule has 0 amide bonds. The maximum Gasteiger partial charge on any atom is 0.185 e. The molecule has 0 bridgehead atoms. The van der Waals surface area contributed by atoms with Gasteiger partial charge in [0, 0.05) is 0 Å². The lowest BCUT2D eigenvalue weighted by Crippen LogP contribution is -2.10. The minimum Gasteiger partial charge on any atom is -0.494 e. The molecule has 0 unspecified atom stereocenters. The highest BCUT2D eigenvalue weighted by Gasteiger charge is 2.11. The van der Waals surface area contributed by atoms with Crippen LogP contribution in [0.3, 0.4) is 0 Å². The van der Waals surface area contributed by atoms with Crippen LogP contribution in [-0.4, -0.2) is 33.3 Å². The van der Waals surface area contributed by atoms with Crippen LogP contribution in [-0.2, 0) is 13.0 Å². The van der Waals surface area contributed by atoms with Crippen molar-refractivity contribution in [1.29, 1.82) is 5.26 Å². The first kappa shape index (κ1) is 14.0. The van der Waals surface area contributed by atoms with Gasteiger partial charge in [0.2, 0.25) is 0 Å². The molecule has 1 N–H and O–H groups in total. The average molecular weight is 272 g/mol. The van der Waals surface area contributed by atoms with Gasteiger partial charge in [0.05, 0.1) is 25.5 Å². The van der Waals surface area contributed by atoms with Crippen LogP contribution in [0.15, 0.2) is 30.3 Å². The van der Waals surface area contributed by atoms with Crippen molar-refractivity contribution in [2.75, 3.05) is 13.2 Å². The summed E-state index contributed by atoms with van der Waals surface area (Å²) in [6, 6.07) is 11.6. The summed E-state index contributed by atoms with van der Waals surface area (Å²) in [5.74, 6) is 0.829. The number of aliphatic hydroxyl groups is 1. The van der Waals surface area contributed by atoms with E-state index >= 15 is 0 Å². The summed E-state index contributed by atoms with van der Waals surface area (Å²) < 4.78 is 7.17. The Kier molecular flexibility index (Phi) is 5.09. The minimum atomic E-state index is -0.0260. The zero-order chi connectivity index (χ0) is 14.2. The molecule has 0 saturated carbocycles. The molecule has 2 rings (SSSR count). The van der Waals surface area contributed by atoms with Crippen LogP contribution in [0.2, 0.25) is 0 Å². The van der Waals surface area contributed by atoms with Crippen molar-refractivity contribution in [3.8, 4) is 11.8 Å². The van der Waals surface area contributed by atoms with Gasteiger partial charge in [0.1, 0.15) is 11.8 Å². The molecule has 104 valence electrons. The van der Waals surface area contributed by atoms with Gasteiger partial charge in [-0.15, -0.1) is 5.10 Å². The molecule has 1 aromatic carbocycles. The Hall–Kier alpha value is -2.39. The van der Waals surface area contributed by atoms with E-state index < -0.39 is 0 Å². The number of hydrogen-bond acceptors (Lipinski definition) is 5. The van der Waals surface area contributed by atoms with E-state index in [1.807, 2.05) is 36.4 Å². The third-order valence-corrected chi connectivity index (χ3v) is 2.83. The average Bonchev–Trinajstić information content (AvgIpc) is 2.87. The number of nitriles is 1. The molecular weight excluding hydrogens is 256 g/mol. The van der Waals surface area contributed by atoms with Gasteiger partial charge in [-0.25, -0.2) is 4.68 Å². The summed E-state index contributed by atoms with van der Waals surface area (Å²) in [6.07, 6.45) is 1.39. The maximum atomic E-state index is 8.97. The molecule has 0 fully saturated rings. The first-order valence-electron chi connectivity index (χ1n) is 6.46. The lowest BCUT2D eigenvalue weighted by Gasteiger charge is -2.07. The van der Waals surface area contributed by atoms with Gasteiger partial charge >= 0.3 is 0 Å². The van der Waals surface area contributed by atoms with E-state index in [2.05, 4.69) is 10.3 Å². The molecule has 0 atom stereocenters. The molecule has 20 heavy (non-hydrogen) atoms. The standard InChI is InChI=1S/C14H16N4O2/c15-11-13-14(18(8-9-19)17-16-13)7-4-10-20-12-5-2-1-3-6-12/h1-3,5-6,19H,4,7-10H2. The number of para-hydroxylation sites is 1. The number of benzene rings is 1. The lowest BCUT2D eigenvalue weighted by atomic mass is 10.2. The van der Waals surface area contributed by atoms with E-state index in [9.17, 15) is 0 Å². The van der Waals surface area contributed by atoms with Gasteiger partial charge in [0.15, 0.2) is 5.69 Å². The van der Waals surface area contributed by atoms with Gasteiger partial charge in [-0.2, -0.15) is 5.26 Å². The van der Waals surface area contributed by atoms with Crippen molar-refractivity contribution < 1.29 is 9.84 Å². The van der Waals surface area contributed by atoms with Crippen molar-refractivity contribution in [3.63, 3.8) is 0 Å². The Morgan fingerprint density at radius 2 is 2.10 bits per heavy atom. The highest BCUT2D eigenvalue weighted by atomic mass is 16.5. The van der Waals surface area contributed by atoms with E-state index in [-0.39, 0.29) is 6.61 Å². The van der Waals surface area contributed by atoms with Crippen molar-refractivity contribution >= 4 is 0 Å². The summed E-state index contributed by atoms with van der Waals surface area (Å²) in [6.45, 7) is 0.879. The molecule has 6 nitrogen and oxygen atoms in total. The molecule has 0 aliphatic rings. The summed E-state index contributed by atoms with van der Waals surface area (Å²) in [5.41, 5.74) is 1.07. The van der Waals surface area contributed by atoms with Gasteiger partial charge in [-0.05, 0) is 25.0 Å². The number of nitrogens with zero attached hydrogens (tertiary/aromatic N) is 4. The quantitative estimate of drug-likeness (QED) is 0.764. The van der Waals surface area contributed by atoms with Crippen LogP contribution in [0.1, 0.15) is 17.8 Å². The molecule has 2 aromatic rings. The van der Waals surface area contributed by atoms with Crippen LogP contribution in [0.25, 0.3) is 0 Å². The van der Waals surface area contributed by atoms with Crippen LogP contribution in [0.4, 0.5) is 0 Å². The van der Waals surface area contributed by atoms with Crippen molar-refractivity contribution in [1.82, 2.24) is 15.0 Å². The fraction of sp³-hybridized carbons (Fsp3) is 0.357. The topological polar surface area (TPSA) is 84.0 Å². The minimum absolute atomic E-state index is 0.0260. The number of hydrogen-bond donors (Lipinski definition) is 1. The molecule has 0 aliphatic carbocycles. The highest BCUT2D eigenvalue weighted by molar-refractivity contribution is 5.25. The summed E-state index contributed by atoms with van der Waals surface area (Å²) in [5, 5.41) is 25.6. The molecule has 0 radical (unpaired) electrons. The van der Waals surface area contributed by atoms with E-state index in [1.54, 1.807) is 4.68 Å². The smallest absolute Gasteiger partial charge is 0.185 e. The molecule has 1 aromatic heterocycles. The van der Waals surface area contributed by atoms with E-state index in [0.717, 1.165) is 17.9 Å². The van der Waals surface area contributed by atoms with E-state index in [4.69, 9.17) is 15.1 Å². The van der Waals surface area contributed by atoms with Crippen LogP contribution >= 0.6 is 0 Å². The van der Waals surface area contributed by atoms with E-state index in [0.29, 0.717) is 25.3 Å². The Morgan fingerprint density at radius 3 is 2.80 bits per heavy atom. The fourth-order valence-electron chi connectivity index (χ4n) is 1.89. The summed E-state index contributed by atoms with van der Waals surface area (Å²) in [7, 11) is 0. The molecular formula is C14H16N4O2. The third kappa shape index (κ3) is 3.56. The van der Waals surface area contributed by atoms with Crippen molar-refractivity contribution in [3.05, 3.63) is 41.7 Å². The number of aliphatic hydroxyl groups excluding tert-OH is 1. The number of aromatic nitrogens is 3. The van der Waals surface area contributed by atoms with E-state index in [1.165, 1.54) is 0 Å². The Morgan fingerprint density at radius 1 is 1.30 bits per heavy atom. The Bertz CT molecular complexity index is 575. The Labute approximate surface area is 117 Å². The molecule has 1 heterocycles. The van der Waals surface area contributed by atoms with Crippen LogP contribution in [0, 0.1) is 11.3 Å². The Balaban J connectivity index is 1.87. The second-order valence-electron chi connectivity index (χ2n) is 4.21. The van der Waals surface area contributed by atoms with Crippen molar-refractivity contribution in [2.45, 2.75) is 19.4 Å². The number of ether oxygens (including phenoxy) is 1. The van der Waals surface area contributed by atoms with Crippen LogP contribution in [0.5, 0.6) is 5.75 Å². The third-order valence-electron chi connectivity index (χ3n) is 2.83. The maximum absolute atomic E-state index is 8.97. The predicted molar refractivity (Wildman–Crippen MR) is 72.1 cm³/mol. The normalized spacial score (nSPS) is 10.2. The molecule has 6 heteroatoms. The monoisotopic (exact) mass is 272 g/mol. The van der Waals surface area contributed by atoms with Gasteiger partial charge in [0.25, 0.3) is 0 Å². The summed E-state index contributed by atoms with van der Waals surface area (Å²) >= 11 is 0. The SMILES string of the molecule is N#Cc1nnn(CCO)c1CCCOc1ccccc1. The second kappa shape index (κ2) is 7.26. The first-order valence-corrected chi connectivity index (χ1v) is 6.46. The molecule has 0 saturated heterocycles. The molecule has 0 spiro atoms. The zero-order valence-corrected chi connectivity index (χ0v) is 11.1. The number of rotatable bonds is 7. The van der Waals surface area contributed by atoms with Gasteiger partial charge in [-0.3, -0.25) is 0 Å². The lowest BCUT2D eigenvalue weighted by molar-refractivity contribution is 0.264. The van der Waals surface area contributed by atoms with Crippen molar-refractivity contribution in [2.24, 2.45) is 0 Å². The first-order chi connectivity index (χ1) is 9.85. The second-order valence-corrected chi connectivity index (χ2v) is 4.21.